The summed E-state index contributed by atoms with van der Waals surface area (Å²) in [5.41, 5.74) is 6.76. The lowest BCUT2D eigenvalue weighted by Crippen LogP contribution is -2.28. The average Bonchev–Trinajstić information content (AvgIpc) is 2.72. The molecule has 94 valence electrons. The van der Waals surface area contributed by atoms with Gasteiger partial charge in [0.15, 0.2) is 0 Å². The molecular formula is C12H12ClN3OS. The first kappa shape index (κ1) is 12.9. The van der Waals surface area contributed by atoms with E-state index in [1.54, 1.807) is 18.2 Å². The summed E-state index contributed by atoms with van der Waals surface area (Å²) < 4.78 is 0. The standard InChI is InChI=1S/C12H12ClN3OS/c1-7-15-10(6-18-7)11(12(14)17)16-9-4-2-3-8(13)5-9/h2-6,11,16H,1H3,(H2,14,17). The number of nitrogens with two attached hydrogens (primary N) is 1. The van der Waals surface area contributed by atoms with E-state index in [1.165, 1.54) is 11.3 Å². The van der Waals surface area contributed by atoms with Crippen LogP contribution in [-0.4, -0.2) is 10.9 Å². The van der Waals surface area contributed by atoms with Crippen molar-refractivity contribution in [2.75, 3.05) is 5.32 Å². The summed E-state index contributed by atoms with van der Waals surface area (Å²) in [5, 5.41) is 6.34. The summed E-state index contributed by atoms with van der Waals surface area (Å²) >= 11 is 7.37. The van der Waals surface area contributed by atoms with Gasteiger partial charge >= 0.3 is 0 Å². The minimum atomic E-state index is -0.645. The van der Waals surface area contributed by atoms with Crippen molar-refractivity contribution >= 4 is 34.5 Å². The number of primary amides is 1. The minimum absolute atomic E-state index is 0.472. The second kappa shape index (κ2) is 5.37. The summed E-state index contributed by atoms with van der Waals surface area (Å²) in [6.45, 7) is 1.88. The number of nitrogens with one attached hydrogen (secondary N) is 1. The third-order valence-electron chi connectivity index (χ3n) is 2.35. The fourth-order valence-electron chi connectivity index (χ4n) is 1.55. The molecule has 2 rings (SSSR count). The van der Waals surface area contributed by atoms with Gasteiger partial charge in [0.1, 0.15) is 6.04 Å². The number of rotatable bonds is 4. The van der Waals surface area contributed by atoms with E-state index in [-0.39, 0.29) is 0 Å². The number of aryl methyl sites for hydroxylation is 1. The Balaban J connectivity index is 2.24. The third-order valence-corrected chi connectivity index (χ3v) is 3.38. The number of hydrogen-bond donors (Lipinski definition) is 2. The van der Waals surface area contributed by atoms with E-state index in [4.69, 9.17) is 17.3 Å². The van der Waals surface area contributed by atoms with Crippen molar-refractivity contribution in [3.63, 3.8) is 0 Å². The van der Waals surface area contributed by atoms with Crippen molar-refractivity contribution in [2.24, 2.45) is 5.73 Å². The number of hydrogen-bond acceptors (Lipinski definition) is 4. The molecule has 0 radical (unpaired) electrons. The molecule has 1 atom stereocenters. The number of carbonyl (C=O) groups is 1. The molecule has 1 heterocycles. The number of anilines is 1. The van der Waals surface area contributed by atoms with Crippen LogP contribution in [0.2, 0.25) is 5.02 Å². The molecular weight excluding hydrogens is 270 g/mol. The number of carbonyl (C=O) groups excluding carboxylic acids is 1. The zero-order valence-electron chi connectivity index (χ0n) is 9.68. The Labute approximate surface area is 114 Å². The molecule has 0 spiro atoms. The van der Waals surface area contributed by atoms with Crippen LogP contribution in [0.15, 0.2) is 29.6 Å². The maximum absolute atomic E-state index is 11.5. The van der Waals surface area contributed by atoms with E-state index in [1.807, 2.05) is 18.4 Å². The zero-order valence-corrected chi connectivity index (χ0v) is 11.3. The Bertz CT molecular complexity index is 570. The van der Waals surface area contributed by atoms with Gasteiger partial charge in [-0.2, -0.15) is 0 Å². The SMILES string of the molecule is Cc1nc(C(Nc2cccc(Cl)c2)C(N)=O)cs1. The Kier molecular flexibility index (Phi) is 3.84. The first-order valence-corrected chi connectivity index (χ1v) is 6.55. The highest BCUT2D eigenvalue weighted by atomic mass is 35.5. The molecule has 18 heavy (non-hydrogen) atoms. The summed E-state index contributed by atoms with van der Waals surface area (Å²) in [6.07, 6.45) is 0. The fourth-order valence-corrected chi connectivity index (χ4v) is 2.38. The van der Waals surface area contributed by atoms with Crippen LogP contribution in [0.1, 0.15) is 16.7 Å². The third kappa shape index (κ3) is 3.00. The molecule has 0 saturated heterocycles. The van der Waals surface area contributed by atoms with Gasteiger partial charge in [0, 0.05) is 16.1 Å². The predicted molar refractivity (Wildman–Crippen MR) is 73.9 cm³/mol. The van der Waals surface area contributed by atoms with Crippen LogP contribution in [0.5, 0.6) is 0 Å². The van der Waals surface area contributed by atoms with Crippen molar-refractivity contribution in [1.29, 1.82) is 0 Å². The van der Waals surface area contributed by atoms with Gasteiger partial charge in [-0.25, -0.2) is 4.98 Å². The van der Waals surface area contributed by atoms with Crippen molar-refractivity contribution in [3.8, 4) is 0 Å². The molecule has 2 aromatic rings. The quantitative estimate of drug-likeness (QED) is 0.905. The van der Waals surface area contributed by atoms with Gasteiger partial charge in [-0.3, -0.25) is 4.79 Å². The maximum atomic E-state index is 11.5. The molecule has 1 unspecified atom stereocenters. The second-order valence-corrected chi connectivity index (χ2v) is 5.28. The van der Waals surface area contributed by atoms with Crippen molar-refractivity contribution < 1.29 is 4.79 Å². The monoisotopic (exact) mass is 281 g/mol. The van der Waals surface area contributed by atoms with Gasteiger partial charge in [0.25, 0.3) is 0 Å². The molecule has 4 nitrogen and oxygen atoms in total. The van der Waals surface area contributed by atoms with Gasteiger partial charge in [-0.05, 0) is 25.1 Å². The van der Waals surface area contributed by atoms with Crippen LogP contribution in [0.4, 0.5) is 5.69 Å². The van der Waals surface area contributed by atoms with Crippen molar-refractivity contribution in [3.05, 3.63) is 45.4 Å². The first-order chi connectivity index (χ1) is 8.56. The topological polar surface area (TPSA) is 68.0 Å². The van der Waals surface area contributed by atoms with Crippen LogP contribution >= 0.6 is 22.9 Å². The Morgan fingerprint density at radius 1 is 1.56 bits per heavy atom. The van der Waals surface area contributed by atoms with Crippen molar-refractivity contribution in [2.45, 2.75) is 13.0 Å². The molecule has 1 aromatic heterocycles. The summed E-state index contributed by atoms with van der Waals surface area (Å²) in [4.78, 5) is 15.8. The number of amides is 1. The minimum Gasteiger partial charge on any atom is -0.369 e. The lowest BCUT2D eigenvalue weighted by Gasteiger charge is -2.14. The Morgan fingerprint density at radius 2 is 2.33 bits per heavy atom. The maximum Gasteiger partial charge on any atom is 0.246 e. The highest BCUT2D eigenvalue weighted by Gasteiger charge is 2.20. The lowest BCUT2D eigenvalue weighted by atomic mass is 10.2. The largest absolute Gasteiger partial charge is 0.369 e. The Morgan fingerprint density at radius 3 is 2.89 bits per heavy atom. The molecule has 0 saturated carbocycles. The van der Waals surface area contributed by atoms with Crippen molar-refractivity contribution in [1.82, 2.24) is 4.98 Å². The van der Waals surface area contributed by atoms with E-state index < -0.39 is 11.9 Å². The average molecular weight is 282 g/mol. The van der Waals surface area contributed by atoms with Crippen LogP contribution in [0.3, 0.4) is 0 Å². The smallest absolute Gasteiger partial charge is 0.246 e. The second-order valence-electron chi connectivity index (χ2n) is 3.78. The highest BCUT2D eigenvalue weighted by Crippen LogP contribution is 2.23. The zero-order chi connectivity index (χ0) is 13.1. The number of nitrogens with zero attached hydrogens (tertiary/aromatic N) is 1. The molecule has 0 aliphatic heterocycles. The van der Waals surface area contributed by atoms with E-state index in [9.17, 15) is 4.79 Å². The fraction of sp³-hybridized carbons (Fsp3) is 0.167. The lowest BCUT2D eigenvalue weighted by molar-refractivity contribution is -0.118. The normalized spacial score (nSPS) is 12.1. The predicted octanol–water partition coefficient (Wildman–Crippen LogP) is 2.74. The Hall–Kier alpha value is -1.59. The number of aromatic nitrogens is 1. The molecule has 0 fully saturated rings. The molecule has 1 amide bonds. The van der Waals surface area contributed by atoms with E-state index in [0.29, 0.717) is 10.7 Å². The van der Waals surface area contributed by atoms with E-state index in [2.05, 4.69) is 10.3 Å². The molecule has 0 aliphatic carbocycles. The molecule has 0 bridgehead atoms. The molecule has 3 N–H and O–H groups in total. The van der Waals surface area contributed by atoms with Gasteiger partial charge in [0.2, 0.25) is 5.91 Å². The molecule has 1 aromatic carbocycles. The van der Waals surface area contributed by atoms with Gasteiger partial charge < -0.3 is 11.1 Å². The van der Waals surface area contributed by atoms with Gasteiger partial charge in [0.05, 0.1) is 10.7 Å². The number of halogens is 1. The van der Waals surface area contributed by atoms with Crippen LogP contribution in [-0.2, 0) is 4.79 Å². The van der Waals surface area contributed by atoms with E-state index in [0.717, 1.165) is 10.7 Å². The van der Waals surface area contributed by atoms with E-state index >= 15 is 0 Å². The van der Waals surface area contributed by atoms with Gasteiger partial charge in [-0.1, -0.05) is 17.7 Å². The van der Waals surface area contributed by atoms with Crippen LogP contribution in [0.25, 0.3) is 0 Å². The number of benzene rings is 1. The summed E-state index contributed by atoms with van der Waals surface area (Å²) in [7, 11) is 0. The first-order valence-electron chi connectivity index (χ1n) is 5.29. The van der Waals surface area contributed by atoms with Crippen LogP contribution < -0.4 is 11.1 Å². The van der Waals surface area contributed by atoms with Crippen LogP contribution in [0, 0.1) is 6.92 Å². The summed E-state index contributed by atoms with van der Waals surface area (Å²) in [5.74, 6) is -0.472. The number of thiazole rings is 1. The highest BCUT2D eigenvalue weighted by molar-refractivity contribution is 7.09. The summed E-state index contributed by atoms with van der Waals surface area (Å²) in [6, 6.07) is 6.47. The van der Waals surface area contributed by atoms with Gasteiger partial charge in [-0.15, -0.1) is 11.3 Å². The molecule has 6 heteroatoms. The molecule has 0 aliphatic rings.